The summed E-state index contributed by atoms with van der Waals surface area (Å²) in [5, 5.41) is 10.8. The second-order valence-electron chi connectivity index (χ2n) is 7.22. The van der Waals surface area contributed by atoms with Crippen LogP contribution in [0.2, 0.25) is 0 Å². The molecular formula is C22H31ClN4O6S. The van der Waals surface area contributed by atoms with Crippen molar-refractivity contribution in [2.75, 3.05) is 73.1 Å². The first-order chi connectivity index (χ1) is 16.3. The van der Waals surface area contributed by atoms with Crippen molar-refractivity contribution in [2.45, 2.75) is 11.4 Å². The predicted octanol–water partition coefficient (Wildman–Crippen LogP) is 1.38. The van der Waals surface area contributed by atoms with E-state index in [4.69, 9.17) is 26.3 Å². The first-order valence-corrected chi connectivity index (χ1v) is 11.8. The van der Waals surface area contributed by atoms with Gasteiger partial charge in [0.25, 0.3) is 0 Å². The Hall–Kier alpha value is -2.36. The molecule has 1 rings (SSSR count). The number of carbonyl (C=O) groups is 3. The van der Waals surface area contributed by atoms with E-state index in [1.807, 2.05) is 39.5 Å². The van der Waals surface area contributed by atoms with E-state index in [9.17, 15) is 14.4 Å². The fourth-order valence-corrected chi connectivity index (χ4v) is 3.53. The molecule has 0 aliphatic carbocycles. The van der Waals surface area contributed by atoms with E-state index in [1.54, 1.807) is 4.90 Å². The summed E-state index contributed by atoms with van der Waals surface area (Å²) in [5.74, 6) is -1.17. The van der Waals surface area contributed by atoms with Crippen LogP contribution in [-0.4, -0.2) is 106 Å². The highest BCUT2D eigenvalue weighted by atomic mass is 35.5. The van der Waals surface area contributed by atoms with Crippen LogP contribution in [0.4, 0.5) is 0 Å². The number of thioether (sulfide) groups is 1. The van der Waals surface area contributed by atoms with Gasteiger partial charge in [-0.1, -0.05) is 12.1 Å². The highest BCUT2D eigenvalue weighted by Gasteiger charge is 2.18. The van der Waals surface area contributed by atoms with Crippen LogP contribution < -0.4 is 0 Å². The third-order valence-corrected chi connectivity index (χ3v) is 5.81. The molecular weight excluding hydrogens is 484 g/mol. The molecule has 0 radical (unpaired) electrons. The van der Waals surface area contributed by atoms with Crippen LogP contribution in [0.15, 0.2) is 29.2 Å². The third kappa shape index (κ3) is 12.2. The van der Waals surface area contributed by atoms with Crippen molar-refractivity contribution in [3.05, 3.63) is 29.8 Å². The number of methoxy groups -OCH3 is 3. The van der Waals surface area contributed by atoms with Crippen molar-refractivity contribution in [1.29, 1.82) is 5.26 Å². The molecule has 0 N–H and O–H groups in total. The van der Waals surface area contributed by atoms with Crippen LogP contribution in [0, 0.1) is 10.7 Å². The predicted molar refractivity (Wildman–Crippen MR) is 128 cm³/mol. The summed E-state index contributed by atoms with van der Waals surface area (Å²) in [6, 6.07) is 7.65. The Morgan fingerprint density at radius 1 is 0.824 bits per heavy atom. The number of benzene rings is 1. The zero-order chi connectivity index (χ0) is 25.3. The average molecular weight is 515 g/mol. The molecule has 1 aromatic carbocycles. The second kappa shape index (κ2) is 17.1. The van der Waals surface area contributed by atoms with E-state index in [0.717, 1.165) is 22.2 Å². The topological polar surface area (TPSA) is 112 Å². The number of alkyl halides is 1. The molecule has 1 aromatic rings. The summed E-state index contributed by atoms with van der Waals surface area (Å²) < 4.78 is 14.3. The molecule has 0 bridgehead atoms. The molecule has 0 saturated heterocycles. The molecule has 0 atom stereocenters. The first kappa shape index (κ1) is 29.7. The fourth-order valence-electron chi connectivity index (χ4n) is 2.95. The van der Waals surface area contributed by atoms with Crippen molar-refractivity contribution in [1.82, 2.24) is 14.7 Å². The molecule has 0 spiro atoms. The van der Waals surface area contributed by atoms with E-state index < -0.39 is 11.9 Å². The van der Waals surface area contributed by atoms with Crippen LogP contribution in [0.3, 0.4) is 0 Å². The number of carbonyl (C=O) groups excluding carboxylic acids is 3. The number of halogens is 1. The minimum Gasteiger partial charge on any atom is -0.468 e. The molecule has 0 saturated carbocycles. The van der Waals surface area contributed by atoms with Gasteiger partial charge in [0, 0.05) is 37.6 Å². The Labute approximate surface area is 209 Å². The Morgan fingerprint density at radius 3 is 1.74 bits per heavy atom. The van der Waals surface area contributed by atoms with Gasteiger partial charge in [0.2, 0.25) is 0 Å². The lowest BCUT2D eigenvalue weighted by Gasteiger charge is -2.28. The summed E-state index contributed by atoms with van der Waals surface area (Å²) in [4.78, 5) is 41.7. The molecule has 0 aromatic heterocycles. The number of thiocyanates is 1. The summed E-state index contributed by atoms with van der Waals surface area (Å²) in [6.07, 6.45) is 0. The molecule has 34 heavy (non-hydrogen) atoms. The zero-order valence-corrected chi connectivity index (χ0v) is 21.3. The first-order valence-electron chi connectivity index (χ1n) is 10.4. The smallest absolute Gasteiger partial charge is 0.319 e. The van der Waals surface area contributed by atoms with Gasteiger partial charge in [-0.2, -0.15) is 5.26 Å². The summed E-state index contributed by atoms with van der Waals surface area (Å²) in [6.45, 7) is 2.47. The number of hydrogen-bond acceptors (Lipinski definition) is 11. The van der Waals surface area contributed by atoms with Gasteiger partial charge in [0.15, 0.2) is 0 Å². The Bertz CT molecular complexity index is 821. The largest absolute Gasteiger partial charge is 0.468 e. The van der Waals surface area contributed by atoms with Crippen LogP contribution in [0.1, 0.15) is 5.56 Å². The molecule has 0 amide bonds. The molecule has 0 aliphatic heterocycles. The molecule has 12 heteroatoms. The quantitative estimate of drug-likeness (QED) is 0.0796. The lowest BCUT2D eigenvalue weighted by molar-refractivity contribution is -0.144. The standard InChI is InChI=1S/C22H31ClN4O6S/c1-31-20(28)13-25(9-11-27(16-23)15-22(30)33-3)8-10-26(14-21(29)32-2)12-18-4-6-19(7-5-18)34-17-24/h4-7H,8-16H2,1-3H3. The monoisotopic (exact) mass is 514 g/mol. The van der Waals surface area contributed by atoms with E-state index in [1.165, 1.54) is 21.3 Å². The molecule has 0 fully saturated rings. The highest BCUT2D eigenvalue weighted by molar-refractivity contribution is 8.03. The van der Waals surface area contributed by atoms with Crippen LogP contribution in [0.25, 0.3) is 0 Å². The number of hydrogen-bond donors (Lipinski definition) is 0. The molecule has 10 nitrogen and oxygen atoms in total. The Morgan fingerprint density at radius 2 is 1.26 bits per heavy atom. The minimum absolute atomic E-state index is 0.0423. The maximum absolute atomic E-state index is 11.9. The van der Waals surface area contributed by atoms with Crippen LogP contribution in [-0.2, 0) is 35.1 Å². The fraction of sp³-hybridized carbons (Fsp3) is 0.545. The summed E-state index contributed by atoms with van der Waals surface area (Å²) in [5.41, 5.74) is 0.970. The van der Waals surface area contributed by atoms with Gasteiger partial charge in [-0.05, 0) is 29.5 Å². The van der Waals surface area contributed by atoms with E-state index in [2.05, 4.69) is 4.74 Å². The number of ether oxygens (including phenoxy) is 3. The van der Waals surface area contributed by atoms with Crippen molar-refractivity contribution in [3.63, 3.8) is 0 Å². The number of nitriles is 1. The van der Waals surface area contributed by atoms with Crippen molar-refractivity contribution < 1.29 is 28.6 Å². The molecule has 0 heterocycles. The molecule has 188 valence electrons. The molecule has 0 aliphatic rings. The van der Waals surface area contributed by atoms with Gasteiger partial charge in [0.05, 0.1) is 47.0 Å². The number of rotatable bonds is 16. The van der Waals surface area contributed by atoms with Gasteiger partial charge < -0.3 is 14.2 Å². The number of esters is 3. The lowest BCUT2D eigenvalue weighted by atomic mass is 10.2. The van der Waals surface area contributed by atoms with Gasteiger partial charge in [0.1, 0.15) is 5.40 Å². The third-order valence-electron chi connectivity index (χ3n) is 4.87. The molecule has 0 unspecified atom stereocenters. The zero-order valence-electron chi connectivity index (χ0n) is 19.7. The minimum atomic E-state index is -0.399. The van der Waals surface area contributed by atoms with Crippen molar-refractivity contribution >= 4 is 41.3 Å². The summed E-state index contributed by atoms with van der Waals surface area (Å²) >= 11 is 7.01. The van der Waals surface area contributed by atoms with E-state index >= 15 is 0 Å². The van der Waals surface area contributed by atoms with E-state index in [-0.39, 0.29) is 31.6 Å². The van der Waals surface area contributed by atoms with Gasteiger partial charge in [-0.25, -0.2) is 0 Å². The van der Waals surface area contributed by atoms with E-state index in [0.29, 0.717) is 32.7 Å². The number of nitrogens with zero attached hydrogens (tertiary/aromatic N) is 4. The maximum atomic E-state index is 11.9. The summed E-state index contributed by atoms with van der Waals surface area (Å²) in [7, 11) is 3.96. The average Bonchev–Trinajstić information content (AvgIpc) is 2.85. The second-order valence-corrected chi connectivity index (χ2v) is 8.32. The van der Waals surface area contributed by atoms with Gasteiger partial charge in [-0.15, -0.1) is 11.6 Å². The van der Waals surface area contributed by atoms with Crippen molar-refractivity contribution in [3.8, 4) is 5.40 Å². The van der Waals surface area contributed by atoms with Gasteiger partial charge >= 0.3 is 17.9 Å². The van der Waals surface area contributed by atoms with Crippen LogP contribution >= 0.6 is 23.4 Å². The van der Waals surface area contributed by atoms with Crippen LogP contribution in [0.5, 0.6) is 0 Å². The Balaban J connectivity index is 2.82. The maximum Gasteiger partial charge on any atom is 0.319 e. The Kier molecular flexibility index (Phi) is 14.9. The van der Waals surface area contributed by atoms with Gasteiger partial charge in [-0.3, -0.25) is 29.1 Å². The lowest BCUT2D eigenvalue weighted by Crippen LogP contribution is -2.43. The SMILES string of the molecule is COC(=O)CN(CCl)CCN(CCN(CC(=O)OC)Cc1ccc(SC#N)cc1)CC(=O)OC. The normalized spacial score (nSPS) is 10.9. The van der Waals surface area contributed by atoms with Crippen molar-refractivity contribution in [2.24, 2.45) is 0 Å². The highest BCUT2D eigenvalue weighted by Crippen LogP contribution is 2.17.